The molecule has 0 radical (unpaired) electrons. The molecule has 1 aromatic carbocycles. The van der Waals surface area contributed by atoms with Crippen molar-refractivity contribution in [2.45, 2.75) is 19.9 Å². The summed E-state index contributed by atoms with van der Waals surface area (Å²) in [4.78, 5) is 11.3. The van der Waals surface area contributed by atoms with E-state index < -0.39 is 0 Å². The third-order valence-electron chi connectivity index (χ3n) is 3.04. The molecule has 1 heterocycles. The first-order chi connectivity index (χ1) is 9.20. The molecule has 1 aliphatic rings. The fraction of sp³-hybridized carbons (Fsp3) is 0.500. The van der Waals surface area contributed by atoms with Crippen LogP contribution in [0.4, 0.5) is 5.69 Å². The lowest BCUT2D eigenvalue weighted by atomic mass is 10.1. The Balaban J connectivity index is 1.96. The van der Waals surface area contributed by atoms with Gasteiger partial charge in [0.25, 0.3) is 5.91 Å². The maximum Gasteiger partial charge on any atom is 0.262 e. The number of carbonyl (C=O) groups excluding carboxylic acids is 1. The number of fused-ring (bicyclic) bond motifs is 1. The van der Waals surface area contributed by atoms with Crippen LogP contribution in [-0.4, -0.2) is 32.3 Å². The summed E-state index contributed by atoms with van der Waals surface area (Å²) in [5, 5.41) is 6.19. The van der Waals surface area contributed by atoms with E-state index in [2.05, 4.69) is 17.6 Å². The van der Waals surface area contributed by atoms with Gasteiger partial charge in [0.15, 0.2) is 6.61 Å². The van der Waals surface area contributed by atoms with Crippen LogP contribution in [0.2, 0.25) is 0 Å². The minimum Gasteiger partial charge on any atom is -0.482 e. The van der Waals surface area contributed by atoms with Crippen LogP contribution in [0.3, 0.4) is 0 Å². The van der Waals surface area contributed by atoms with Crippen LogP contribution in [0.5, 0.6) is 5.75 Å². The molecule has 2 rings (SSSR count). The molecule has 0 fully saturated rings. The maximum atomic E-state index is 11.3. The second-order valence-electron chi connectivity index (χ2n) is 4.47. The normalized spacial score (nSPS) is 15.4. The lowest BCUT2D eigenvalue weighted by Crippen LogP contribution is -2.26. The van der Waals surface area contributed by atoms with Crippen molar-refractivity contribution in [3.63, 3.8) is 0 Å². The Labute approximate surface area is 113 Å². The van der Waals surface area contributed by atoms with E-state index in [1.807, 2.05) is 25.1 Å². The summed E-state index contributed by atoms with van der Waals surface area (Å²) in [5.74, 6) is 0.617. The predicted molar refractivity (Wildman–Crippen MR) is 73.5 cm³/mol. The standard InChI is InChI=1S/C14H20N2O3/c1-3-18-7-6-15-10(2)11-4-5-13-12(8-11)16-14(17)9-19-13/h4-5,8,10,15H,3,6-7,9H2,1-2H3,(H,16,17). The van der Waals surface area contributed by atoms with Crippen LogP contribution in [0.15, 0.2) is 18.2 Å². The van der Waals surface area contributed by atoms with Gasteiger partial charge in [-0.05, 0) is 31.5 Å². The third kappa shape index (κ3) is 3.68. The summed E-state index contributed by atoms with van der Waals surface area (Å²) in [5.41, 5.74) is 1.85. The average Bonchev–Trinajstić information content (AvgIpc) is 2.42. The van der Waals surface area contributed by atoms with Gasteiger partial charge in [-0.2, -0.15) is 0 Å². The zero-order valence-corrected chi connectivity index (χ0v) is 11.4. The molecule has 0 saturated heterocycles. The number of benzene rings is 1. The average molecular weight is 264 g/mol. The number of rotatable bonds is 6. The van der Waals surface area contributed by atoms with E-state index in [0.717, 1.165) is 30.2 Å². The second kappa shape index (κ2) is 6.54. The molecular formula is C14H20N2O3. The summed E-state index contributed by atoms with van der Waals surface area (Å²) in [7, 11) is 0. The maximum absolute atomic E-state index is 11.3. The molecule has 0 saturated carbocycles. The fourth-order valence-electron chi connectivity index (χ4n) is 1.98. The van der Waals surface area contributed by atoms with Crippen LogP contribution >= 0.6 is 0 Å². The number of ether oxygens (including phenoxy) is 2. The largest absolute Gasteiger partial charge is 0.482 e. The number of anilines is 1. The SMILES string of the molecule is CCOCCNC(C)c1ccc2c(c1)NC(=O)CO2. The van der Waals surface area contributed by atoms with Crippen molar-refractivity contribution in [2.75, 3.05) is 31.7 Å². The van der Waals surface area contributed by atoms with E-state index in [9.17, 15) is 4.79 Å². The molecule has 1 unspecified atom stereocenters. The summed E-state index contributed by atoms with van der Waals surface area (Å²) in [6.45, 7) is 6.39. The molecule has 1 amide bonds. The summed E-state index contributed by atoms with van der Waals surface area (Å²) in [6, 6.07) is 6.05. The van der Waals surface area contributed by atoms with Gasteiger partial charge in [0.05, 0.1) is 12.3 Å². The van der Waals surface area contributed by atoms with E-state index in [-0.39, 0.29) is 18.6 Å². The van der Waals surface area contributed by atoms with Crippen molar-refractivity contribution in [2.24, 2.45) is 0 Å². The van der Waals surface area contributed by atoms with Gasteiger partial charge in [0, 0.05) is 19.2 Å². The van der Waals surface area contributed by atoms with E-state index in [4.69, 9.17) is 9.47 Å². The highest BCUT2D eigenvalue weighted by Gasteiger charge is 2.17. The molecule has 19 heavy (non-hydrogen) atoms. The number of hydrogen-bond donors (Lipinski definition) is 2. The van der Waals surface area contributed by atoms with Crippen molar-refractivity contribution in [3.8, 4) is 5.75 Å². The third-order valence-corrected chi connectivity index (χ3v) is 3.04. The summed E-state index contributed by atoms with van der Waals surface area (Å²) >= 11 is 0. The minimum absolute atomic E-state index is 0.0918. The number of hydrogen-bond acceptors (Lipinski definition) is 4. The lowest BCUT2D eigenvalue weighted by Gasteiger charge is -2.21. The molecule has 0 spiro atoms. The Hall–Kier alpha value is -1.59. The van der Waals surface area contributed by atoms with Crippen molar-refractivity contribution in [3.05, 3.63) is 23.8 Å². The van der Waals surface area contributed by atoms with Crippen LogP contribution in [0.1, 0.15) is 25.5 Å². The first-order valence-corrected chi connectivity index (χ1v) is 6.58. The number of nitrogens with one attached hydrogen (secondary N) is 2. The molecule has 0 bridgehead atoms. The van der Waals surface area contributed by atoms with Gasteiger partial charge in [0.2, 0.25) is 0 Å². The van der Waals surface area contributed by atoms with Crippen molar-refractivity contribution < 1.29 is 14.3 Å². The fourth-order valence-corrected chi connectivity index (χ4v) is 1.98. The molecule has 5 heteroatoms. The minimum atomic E-state index is -0.110. The van der Waals surface area contributed by atoms with Gasteiger partial charge in [-0.15, -0.1) is 0 Å². The molecule has 0 aliphatic carbocycles. The summed E-state index contributed by atoms with van der Waals surface area (Å²) in [6.07, 6.45) is 0. The molecule has 1 aliphatic heterocycles. The van der Waals surface area contributed by atoms with Gasteiger partial charge in [-0.25, -0.2) is 0 Å². The zero-order valence-electron chi connectivity index (χ0n) is 11.4. The highest BCUT2D eigenvalue weighted by atomic mass is 16.5. The van der Waals surface area contributed by atoms with Gasteiger partial charge in [-0.3, -0.25) is 4.79 Å². The Kier molecular flexibility index (Phi) is 4.76. The van der Waals surface area contributed by atoms with E-state index in [1.54, 1.807) is 0 Å². The molecular weight excluding hydrogens is 244 g/mol. The van der Waals surface area contributed by atoms with Gasteiger partial charge in [0.1, 0.15) is 5.75 Å². The highest BCUT2D eigenvalue weighted by Crippen LogP contribution is 2.30. The molecule has 2 N–H and O–H groups in total. The Morgan fingerprint density at radius 2 is 2.37 bits per heavy atom. The Morgan fingerprint density at radius 1 is 1.53 bits per heavy atom. The quantitative estimate of drug-likeness (QED) is 0.768. The number of amides is 1. The van der Waals surface area contributed by atoms with Gasteiger partial charge in [-0.1, -0.05) is 6.07 Å². The molecule has 104 valence electrons. The summed E-state index contributed by atoms with van der Waals surface area (Å²) < 4.78 is 10.6. The predicted octanol–water partition coefficient (Wildman–Crippen LogP) is 1.70. The van der Waals surface area contributed by atoms with Crippen molar-refractivity contribution >= 4 is 11.6 Å². The smallest absolute Gasteiger partial charge is 0.262 e. The first kappa shape index (κ1) is 13.8. The van der Waals surface area contributed by atoms with Crippen LogP contribution in [0.25, 0.3) is 0 Å². The second-order valence-corrected chi connectivity index (χ2v) is 4.47. The van der Waals surface area contributed by atoms with Crippen molar-refractivity contribution in [1.29, 1.82) is 0 Å². The lowest BCUT2D eigenvalue weighted by molar-refractivity contribution is -0.118. The van der Waals surface area contributed by atoms with Crippen LogP contribution in [0, 0.1) is 0 Å². The highest BCUT2D eigenvalue weighted by molar-refractivity contribution is 5.95. The van der Waals surface area contributed by atoms with E-state index in [0.29, 0.717) is 6.61 Å². The van der Waals surface area contributed by atoms with Gasteiger partial charge >= 0.3 is 0 Å². The number of carbonyl (C=O) groups is 1. The molecule has 1 atom stereocenters. The monoisotopic (exact) mass is 264 g/mol. The Morgan fingerprint density at radius 3 is 3.16 bits per heavy atom. The Bertz CT molecular complexity index is 448. The van der Waals surface area contributed by atoms with Crippen LogP contribution < -0.4 is 15.4 Å². The van der Waals surface area contributed by atoms with Gasteiger partial charge < -0.3 is 20.1 Å². The molecule has 0 aromatic heterocycles. The molecule has 5 nitrogen and oxygen atoms in total. The zero-order chi connectivity index (χ0) is 13.7. The first-order valence-electron chi connectivity index (χ1n) is 6.58. The topological polar surface area (TPSA) is 59.6 Å². The van der Waals surface area contributed by atoms with E-state index in [1.165, 1.54) is 0 Å². The molecule has 1 aromatic rings. The van der Waals surface area contributed by atoms with Crippen molar-refractivity contribution in [1.82, 2.24) is 5.32 Å². The van der Waals surface area contributed by atoms with E-state index >= 15 is 0 Å². The van der Waals surface area contributed by atoms with Crippen LogP contribution in [-0.2, 0) is 9.53 Å².